The first-order valence-corrected chi connectivity index (χ1v) is 24.4. The van der Waals surface area contributed by atoms with E-state index in [4.69, 9.17) is 23.7 Å². The minimum atomic E-state index is -0.787. The Morgan fingerprint density at radius 3 is 1.32 bits per heavy atom. The van der Waals surface area contributed by atoms with Crippen LogP contribution in [-0.4, -0.2) is 83.2 Å². The molecule has 2 rings (SSSR count). The molecule has 0 N–H and O–H groups in total. The highest BCUT2D eigenvalue weighted by Crippen LogP contribution is 2.43. The predicted molar refractivity (Wildman–Crippen MR) is 266 cm³/mol. The largest absolute Gasteiger partial charge is 0.465 e. The van der Waals surface area contributed by atoms with E-state index < -0.39 is 32.5 Å². The van der Waals surface area contributed by atoms with Crippen LogP contribution in [0.5, 0.6) is 0 Å². The van der Waals surface area contributed by atoms with Gasteiger partial charge in [-0.2, -0.15) is 0 Å². The van der Waals surface area contributed by atoms with E-state index in [2.05, 4.69) is 9.97 Å². The van der Waals surface area contributed by atoms with Crippen LogP contribution < -0.4 is 0 Å². The Kier molecular flexibility index (Phi) is 26.8. The number of hydrogen-bond acceptors (Lipinski definition) is 13. The fraction of sp³-hybridized carbons (Fsp3) is 0.741. The molecular weight excluding hydrogens is 867 g/mol. The zero-order valence-electron chi connectivity index (χ0n) is 44.1. The van der Waals surface area contributed by atoms with Gasteiger partial charge in [-0.3, -0.25) is 33.8 Å². The average Bonchev–Trinajstić information content (AvgIpc) is 3.85. The molecule has 4 atom stereocenters. The van der Waals surface area contributed by atoms with Gasteiger partial charge in [0.05, 0.1) is 40.0 Å². The third-order valence-corrected chi connectivity index (χ3v) is 13.6. The van der Waals surface area contributed by atoms with Crippen LogP contribution in [0, 0.1) is 32.5 Å². The Labute approximate surface area is 410 Å². The van der Waals surface area contributed by atoms with Crippen LogP contribution in [0.1, 0.15) is 200 Å². The maximum Gasteiger partial charge on any atom is 0.311 e. The van der Waals surface area contributed by atoms with Gasteiger partial charge < -0.3 is 28.3 Å². The third-order valence-electron chi connectivity index (χ3n) is 13.6. The fourth-order valence-corrected chi connectivity index (χ4v) is 7.36. The molecule has 0 bridgehead atoms. The van der Waals surface area contributed by atoms with Crippen LogP contribution in [0.4, 0.5) is 0 Å². The molecule has 2 aromatic rings. The zero-order chi connectivity index (χ0) is 51.3. The van der Waals surface area contributed by atoms with Crippen molar-refractivity contribution >= 4 is 35.6 Å². The quantitative estimate of drug-likeness (QED) is 0.0427. The van der Waals surface area contributed by atoms with Crippen molar-refractivity contribution in [2.45, 2.75) is 194 Å². The zero-order valence-corrected chi connectivity index (χ0v) is 44.1. The molecule has 2 heterocycles. The van der Waals surface area contributed by atoms with Crippen molar-refractivity contribution in [1.29, 1.82) is 0 Å². The number of hydrogen-bond donors (Lipinski definition) is 0. The van der Waals surface area contributed by atoms with Crippen molar-refractivity contribution in [1.82, 2.24) is 14.5 Å². The van der Waals surface area contributed by atoms with Gasteiger partial charge >= 0.3 is 29.8 Å². The highest BCUT2D eigenvalue weighted by atomic mass is 16.6. The average molecular weight is 958 g/mol. The molecule has 0 aliphatic heterocycles. The minimum absolute atomic E-state index is 0. The molecule has 14 heteroatoms. The molecule has 0 fully saturated rings. The standard InChI is InChI=1S/C27H43NO5.C26H44N2O6.CH4/c1-9-22(29)26(6,7)18-21(20-12-14-28-15-13-20)19-27(8,11-3)24(31)33-17-16-32-23(30)25(4,5)10-2;1-9-14-32-22(30)25(6,7)17-20(28-13-12-27-19-28)18-26(8,11-3)23(31)34-16-15-33-21(29)24(4,5)10-2;/h12-15,21H,9-11,16-19H2,1-8H3;12-13,19-20H,9-11,14-18H2,1-8H3;1H4. The second-order valence-electron chi connectivity index (χ2n) is 21.0. The van der Waals surface area contributed by atoms with E-state index in [1.807, 2.05) is 134 Å². The van der Waals surface area contributed by atoms with Crippen molar-refractivity contribution in [3.63, 3.8) is 0 Å². The van der Waals surface area contributed by atoms with E-state index >= 15 is 0 Å². The molecule has 0 aliphatic rings. The van der Waals surface area contributed by atoms with Crippen molar-refractivity contribution in [3.8, 4) is 0 Å². The highest BCUT2D eigenvalue weighted by molar-refractivity contribution is 5.84. The number of Topliss-reactive ketones (excluding diaryl/α,β-unsaturated/α-hetero) is 1. The SMILES string of the molecule is C.CCC(=O)C(C)(C)CC(CC(C)(CC)C(=O)OCCOC(=O)C(C)(C)CC)c1ccncc1.CCCOC(=O)C(C)(C)CC(CC(C)(CC)C(=O)OCCOC(=O)C(C)(C)CC)n1ccnc1. The van der Waals surface area contributed by atoms with Crippen molar-refractivity contribution in [3.05, 3.63) is 48.8 Å². The first-order valence-electron chi connectivity index (χ1n) is 24.4. The number of ether oxygens (including phenoxy) is 5. The van der Waals surface area contributed by atoms with Crippen LogP contribution in [0.3, 0.4) is 0 Å². The lowest BCUT2D eigenvalue weighted by atomic mass is 9.69. The lowest BCUT2D eigenvalue weighted by Gasteiger charge is -2.34. The number of ketones is 1. The molecule has 388 valence electrons. The van der Waals surface area contributed by atoms with Crippen LogP contribution >= 0.6 is 0 Å². The number of imidazole rings is 1. The number of aromatic nitrogens is 3. The number of pyridine rings is 1. The molecule has 2 aromatic heterocycles. The monoisotopic (exact) mass is 958 g/mol. The van der Waals surface area contributed by atoms with E-state index in [-0.39, 0.29) is 81.4 Å². The predicted octanol–water partition coefficient (Wildman–Crippen LogP) is 11.6. The topological polar surface area (TPSA) is 179 Å². The molecule has 0 aromatic carbocycles. The molecule has 68 heavy (non-hydrogen) atoms. The van der Waals surface area contributed by atoms with Gasteiger partial charge in [0.2, 0.25) is 0 Å². The normalized spacial score (nSPS) is 14.5. The van der Waals surface area contributed by atoms with E-state index in [9.17, 15) is 28.8 Å². The lowest BCUT2D eigenvalue weighted by molar-refractivity contribution is -0.164. The summed E-state index contributed by atoms with van der Waals surface area (Å²) in [6, 6.07) is 3.74. The van der Waals surface area contributed by atoms with Crippen LogP contribution in [0.25, 0.3) is 0 Å². The third kappa shape index (κ3) is 19.8. The number of rotatable bonds is 29. The number of nitrogens with zero attached hydrogens (tertiary/aromatic N) is 3. The Morgan fingerprint density at radius 1 is 0.500 bits per heavy atom. The number of carbonyl (C=O) groups is 6. The van der Waals surface area contributed by atoms with Crippen molar-refractivity contribution in [2.75, 3.05) is 33.0 Å². The van der Waals surface area contributed by atoms with Crippen LogP contribution in [0.15, 0.2) is 43.2 Å². The Bertz CT molecular complexity index is 1840. The van der Waals surface area contributed by atoms with Gasteiger partial charge in [0, 0.05) is 42.7 Å². The van der Waals surface area contributed by atoms with Gasteiger partial charge in [-0.05, 0) is 137 Å². The van der Waals surface area contributed by atoms with Gasteiger partial charge in [0.25, 0.3) is 0 Å². The lowest BCUT2D eigenvalue weighted by Crippen LogP contribution is -2.36. The summed E-state index contributed by atoms with van der Waals surface area (Å²) in [7, 11) is 0. The second kappa shape index (κ2) is 28.8. The van der Waals surface area contributed by atoms with Crippen LogP contribution in [-0.2, 0) is 52.5 Å². The van der Waals surface area contributed by atoms with Crippen molar-refractivity contribution < 1.29 is 52.5 Å². The maximum absolute atomic E-state index is 13.1. The highest BCUT2D eigenvalue weighted by Gasteiger charge is 2.42. The molecule has 0 spiro atoms. The molecule has 4 unspecified atom stereocenters. The molecule has 0 saturated carbocycles. The maximum atomic E-state index is 13.1. The summed E-state index contributed by atoms with van der Waals surface area (Å²) in [5, 5.41) is 0. The number of esters is 5. The fourth-order valence-electron chi connectivity index (χ4n) is 7.36. The summed E-state index contributed by atoms with van der Waals surface area (Å²) in [6.45, 7) is 30.9. The molecular formula is C54H91N3O11. The van der Waals surface area contributed by atoms with E-state index in [0.29, 0.717) is 64.4 Å². The van der Waals surface area contributed by atoms with E-state index in [1.54, 1.807) is 24.9 Å². The second-order valence-corrected chi connectivity index (χ2v) is 21.0. The van der Waals surface area contributed by atoms with E-state index in [1.165, 1.54) is 0 Å². The Balaban J connectivity index is 0.00000130. The van der Waals surface area contributed by atoms with Gasteiger partial charge in [-0.1, -0.05) is 62.8 Å². The summed E-state index contributed by atoms with van der Waals surface area (Å²) in [6.07, 6.45) is 14.6. The first kappa shape index (κ1) is 63.4. The van der Waals surface area contributed by atoms with Gasteiger partial charge in [-0.15, -0.1) is 0 Å². The van der Waals surface area contributed by atoms with Gasteiger partial charge in [0.1, 0.15) is 32.2 Å². The molecule has 0 radical (unpaired) electrons. The first-order chi connectivity index (χ1) is 31.1. The summed E-state index contributed by atoms with van der Waals surface area (Å²) in [5.41, 5.74) is -2.81. The minimum Gasteiger partial charge on any atom is -0.465 e. The van der Waals surface area contributed by atoms with Gasteiger partial charge in [-0.25, -0.2) is 4.98 Å². The summed E-state index contributed by atoms with van der Waals surface area (Å²) < 4.78 is 28.9. The smallest absolute Gasteiger partial charge is 0.311 e. The molecule has 14 nitrogen and oxygen atoms in total. The van der Waals surface area contributed by atoms with Crippen LogP contribution in [0.2, 0.25) is 0 Å². The Hall–Kier alpha value is -4.62. The molecule has 0 amide bonds. The summed E-state index contributed by atoms with van der Waals surface area (Å²) in [4.78, 5) is 83.8. The summed E-state index contributed by atoms with van der Waals surface area (Å²) >= 11 is 0. The summed E-state index contributed by atoms with van der Waals surface area (Å²) in [5.74, 6) is -1.30. The van der Waals surface area contributed by atoms with Gasteiger partial charge in [0.15, 0.2) is 0 Å². The Morgan fingerprint density at radius 2 is 0.926 bits per heavy atom. The van der Waals surface area contributed by atoms with E-state index in [0.717, 1.165) is 12.0 Å². The molecule has 0 saturated heterocycles. The van der Waals surface area contributed by atoms with Crippen molar-refractivity contribution in [2.24, 2.45) is 32.5 Å². The number of carbonyl (C=O) groups excluding carboxylic acids is 6. The molecule has 0 aliphatic carbocycles.